The Morgan fingerprint density at radius 3 is 2.39 bits per heavy atom. The number of carbonyl (C=O) groups is 2. The molecule has 33 heavy (non-hydrogen) atoms. The van der Waals surface area contributed by atoms with Crippen LogP contribution in [0.1, 0.15) is 25.3 Å². The molecule has 3 rings (SSSR count). The number of aliphatic imine (C=N–C) groups is 1. The highest BCUT2D eigenvalue weighted by Crippen LogP contribution is 2.25. The van der Waals surface area contributed by atoms with E-state index < -0.39 is 5.97 Å². The van der Waals surface area contributed by atoms with Gasteiger partial charge in [-0.05, 0) is 60.9 Å². The van der Waals surface area contributed by atoms with Crippen LogP contribution in [0.25, 0.3) is 5.70 Å². The summed E-state index contributed by atoms with van der Waals surface area (Å²) in [5, 5.41) is 15.1. The van der Waals surface area contributed by atoms with Crippen molar-refractivity contribution in [2.45, 2.75) is 19.8 Å². The second-order valence-electron chi connectivity index (χ2n) is 7.90. The molecular formula is C25H29N5O3. The minimum Gasteiger partial charge on any atom is -0.481 e. The molecule has 1 unspecified atom stereocenters. The van der Waals surface area contributed by atoms with Crippen LogP contribution in [-0.2, 0) is 9.59 Å². The first kappa shape index (κ1) is 23.6. The van der Waals surface area contributed by atoms with Crippen molar-refractivity contribution in [1.82, 2.24) is 0 Å². The molecule has 1 heterocycles. The number of piperidine rings is 1. The monoisotopic (exact) mass is 447 g/mol. The van der Waals surface area contributed by atoms with Crippen LogP contribution in [0.2, 0.25) is 0 Å². The predicted octanol–water partition coefficient (Wildman–Crippen LogP) is 3.90. The molecule has 0 aliphatic carbocycles. The van der Waals surface area contributed by atoms with Gasteiger partial charge in [0.15, 0.2) is 0 Å². The van der Waals surface area contributed by atoms with Crippen molar-refractivity contribution in [2.75, 3.05) is 28.6 Å². The summed E-state index contributed by atoms with van der Waals surface area (Å²) in [7, 11) is 0. The quantitative estimate of drug-likeness (QED) is 0.456. The molecule has 2 aromatic rings. The number of carboxylic acids is 1. The fourth-order valence-electron chi connectivity index (χ4n) is 3.62. The number of nitrogens with two attached hydrogens (primary N) is 1. The second kappa shape index (κ2) is 11.0. The molecule has 1 atom stereocenters. The molecule has 0 aromatic heterocycles. The van der Waals surface area contributed by atoms with Crippen LogP contribution in [0.15, 0.2) is 72.0 Å². The van der Waals surface area contributed by atoms with Gasteiger partial charge in [-0.3, -0.25) is 9.59 Å². The Morgan fingerprint density at radius 1 is 1.12 bits per heavy atom. The van der Waals surface area contributed by atoms with E-state index in [9.17, 15) is 14.7 Å². The molecule has 0 radical (unpaired) electrons. The first-order chi connectivity index (χ1) is 15.8. The summed E-state index contributed by atoms with van der Waals surface area (Å²) in [5.74, 6) is -0.723. The van der Waals surface area contributed by atoms with Gasteiger partial charge in [-0.15, -0.1) is 0 Å². The Kier molecular flexibility index (Phi) is 7.86. The molecule has 1 aliphatic rings. The number of allylic oxidation sites excluding steroid dienone is 1. The second-order valence-corrected chi connectivity index (χ2v) is 7.90. The number of hydrogen-bond acceptors (Lipinski definition) is 6. The van der Waals surface area contributed by atoms with Crippen molar-refractivity contribution < 1.29 is 14.7 Å². The topological polar surface area (TPSA) is 120 Å². The number of benzene rings is 2. The van der Waals surface area contributed by atoms with Crippen LogP contribution >= 0.6 is 0 Å². The molecule has 0 saturated carbocycles. The average Bonchev–Trinajstić information content (AvgIpc) is 2.79. The zero-order valence-electron chi connectivity index (χ0n) is 18.6. The predicted molar refractivity (Wildman–Crippen MR) is 133 cm³/mol. The summed E-state index contributed by atoms with van der Waals surface area (Å²) < 4.78 is 0. The minimum absolute atomic E-state index is 0.127. The van der Waals surface area contributed by atoms with Gasteiger partial charge in [0.05, 0.1) is 5.92 Å². The van der Waals surface area contributed by atoms with E-state index in [1.807, 2.05) is 36.4 Å². The lowest BCUT2D eigenvalue weighted by Crippen LogP contribution is -2.38. The van der Waals surface area contributed by atoms with Gasteiger partial charge >= 0.3 is 5.97 Å². The van der Waals surface area contributed by atoms with Crippen LogP contribution in [0.3, 0.4) is 0 Å². The van der Waals surface area contributed by atoms with Crippen LogP contribution in [-0.4, -0.2) is 36.3 Å². The first-order valence-corrected chi connectivity index (χ1v) is 10.7. The lowest BCUT2D eigenvalue weighted by atomic mass is 9.98. The van der Waals surface area contributed by atoms with Crippen LogP contribution in [0.5, 0.6) is 0 Å². The maximum absolute atomic E-state index is 11.3. The number of carbonyl (C=O) groups excluding carboxylic acids is 1. The van der Waals surface area contributed by atoms with Crippen molar-refractivity contribution >= 4 is 40.9 Å². The van der Waals surface area contributed by atoms with Gasteiger partial charge in [0.2, 0.25) is 5.91 Å². The smallest absolute Gasteiger partial charge is 0.308 e. The molecule has 8 heteroatoms. The molecule has 1 aliphatic heterocycles. The summed E-state index contributed by atoms with van der Waals surface area (Å²) in [4.78, 5) is 28.7. The standard InChI is InChI=1S/C25H29N5O3/c1-17(27-14-13-24(26)19-5-7-22(8-6-19)29-18(2)31)28-21-9-11-23(12-10-21)30-15-3-4-20(16-30)25(32)33/h5-14,20,28H,1,3-4,15-16,26H2,2H3,(H,29,31)(H,32,33)/b24-13-,27-14-. The van der Waals surface area contributed by atoms with E-state index in [-0.39, 0.29) is 11.8 Å². The number of hydrogen-bond donors (Lipinski definition) is 4. The molecule has 1 amide bonds. The number of anilines is 3. The average molecular weight is 448 g/mol. The zero-order chi connectivity index (χ0) is 23.8. The summed E-state index contributed by atoms with van der Waals surface area (Å²) in [5.41, 5.74) is 9.98. The van der Waals surface area contributed by atoms with Crippen molar-refractivity contribution in [3.63, 3.8) is 0 Å². The third kappa shape index (κ3) is 6.96. The van der Waals surface area contributed by atoms with Crippen LogP contribution < -0.4 is 21.3 Å². The molecule has 2 aromatic carbocycles. The van der Waals surface area contributed by atoms with Crippen molar-refractivity contribution in [1.29, 1.82) is 0 Å². The molecule has 1 saturated heterocycles. The Morgan fingerprint density at radius 2 is 1.76 bits per heavy atom. The van der Waals surface area contributed by atoms with Gasteiger partial charge in [0.1, 0.15) is 5.82 Å². The van der Waals surface area contributed by atoms with Crippen LogP contribution in [0, 0.1) is 5.92 Å². The molecule has 8 nitrogen and oxygen atoms in total. The van der Waals surface area contributed by atoms with Crippen molar-refractivity contribution in [3.05, 3.63) is 72.6 Å². The third-order valence-corrected chi connectivity index (χ3v) is 5.31. The van der Waals surface area contributed by atoms with E-state index in [2.05, 4.69) is 27.1 Å². The van der Waals surface area contributed by atoms with E-state index in [1.54, 1.807) is 24.4 Å². The van der Waals surface area contributed by atoms with E-state index in [0.717, 1.165) is 36.3 Å². The Bertz CT molecular complexity index is 1060. The number of carboxylic acid groups (broad SMARTS) is 1. The highest BCUT2D eigenvalue weighted by atomic mass is 16.4. The number of nitrogens with zero attached hydrogens (tertiary/aromatic N) is 2. The Balaban J connectivity index is 1.53. The molecule has 172 valence electrons. The van der Waals surface area contributed by atoms with Crippen LogP contribution in [0.4, 0.5) is 17.1 Å². The largest absolute Gasteiger partial charge is 0.481 e. The normalized spacial score (nSPS) is 16.5. The van der Waals surface area contributed by atoms with E-state index in [4.69, 9.17) is 5.73 Å². The highest BCUT2D eigenvalue weighted by molar-refractivity contribution is 5.89. The molecule has 0 spiro atoms. The first-order valence-electron chi connectivity index (χ1n) is 10.7. The van der Waals surface area contributed by atoms with E-state index in [0.29, 0.717) is 23.8 Å². The Labute approximate surface area is 193 Å². The molecule has 0 bridgehead atoms. The molecule has 5 N–H and O–H groups in total. The Hall–Kier alpha value is -4.07. The van der Waals surface area contributed by atoms with Crippen molar-refractivity contribution in [3.8, 4) is 0 Å². The molecular weight excluding hydrogens is 418 g/mol. The van der Waals surface area contributed by atoms with Crippen molar-refractivity contribution in [2.24, 2.45) is 16.6 Å². The number of amides is 1. The fourth-order valence-corrected chi connectivity index (χ4v) is 3.62. The summed E-state index contributed by atoms with van der Waals surface area (Å²) in [6, 6.07) is 15.0. The van der Waals surface area contributed by atoms with E-state index in [1.165, 1.54) is 6.92 Å². The number of aliphatic carboxylic acids is 1. The maximum Gasteiger partial charge on any atom is 0.308 e. The minimum atomic E-state index is -0.733. The fraction of sp³-hybridized carbons (Fsp3) is 0.240. The summed E-state index contributed by atoms with van der Waals surface area (Å²) in [6.45, 7) is 6.75. The lowest BCUT2D eigenvalue weighted by Gasteiger charge is -2.32. The van der Waals surface area contributed by atoms with Gasteiger partial charge in [-0.2, -0.15) is 0 Å². The zero-order valence-corrected chi connectivity index (χ0v) is 18.6. The SMILES string of the molecule is C=C(/N=C\C=C(/N)c1ccc(NC(C)=O)cc1)Nc1ccc(N2CCCC(C(=O)O)C2)cc1. The van der Waals surface area contributed by atoms with Gasteiger partial charge < -0.3 is 26.4 Å². The van der Waals surface area contributed by atoms with Gasteiger partial charge in [-0.25, -0.2) is 4.99 Å². The lowest BCUT2D eigenvalue weighted by molar-refractivity contribution is -0.142. The summed E-state index contributed by atoms with van der Waals surface area (Å²) in [6.07, 6.45) is 4.85. The third-order valence-electron chi connectivity index (χ3n) is 5.31. The number of nitrogens with one attached hydrogen (secondary N) is 2. The maximum atomic E-state index is 11.3. The van der Waals surface area contributed by atoms with E-state index >= 15 is 0 Å². The number of rotatable bonds is 8. The van der Waals surface area contributed by atoms with Gasteiger partial charge in [0.25, 0.3) is 0 Å². The van der Waals surface area contributed by atoms with Gasteiger partial charge in [0, 0.05) is 49.0 Å². The summed E-state index contributed by atoms with van der Waals surface area (Å²) >= 11 is 0. The highest BCUT2D eigenvalue weighted by Gasteiger charge is 2.25. The molecule has 1 fully saturated rings. The van der Waals surface area contributed by atoms with Gasteiger partial charge in [-0.1, -0.05) is 18.7 Å².